The molecule has 16 heavy (non-hydrogen) atoms. The average Bonchev–Trinajstić information content (AvgIpc) is 2.17. The van der Waals surface area contributed by atoms with E-state index >= 15 is 0 Å². The number of aromatic hydroxyl groups is 1. The Morgan fingerprint density at radius 2 is 1.94 bits per heavy atom. The van der Waals surface area contributed by atoms with Crippen molar-refractivity contribution in [1.82, 2.24) is 0 Å². The molecule has 0 unspecified atom stereocenters. The third-order valence-corrected chi connectivity index (χ3v) is 2.46. The third-order valence-electron chi connectivity index (χ3n) is 2.46. The highest BCUT2D eigenvalue weighted by Gasteiger charge is 2.20. The van der Waals surface area contributed by atoms with E-state index in [1.165, 1.54) is 0 Å². The number of aryl methyl sites for hydroxylation is 1. The van der Waals surface area contributed by atoms with Gasteiger partial charge in [0.25, 0.3) is 0 Å². The maximum atomic E-state index is 10.2. The van der Waals surface area contributed by atoms with Crippen LogP contribution in [0.5, 0.6) is 5.75 Å². The van der Waals surface area contributed by atoms with Crippen LogP contribution in [0, 0.1) is 6.92 Å². The second kappa shape index (κ2) is 4.69. The molecule has 0 amide bonds. The van der Waals surface area contributed by atoms with Crippen LogP contribution in [0.4, 0.5) is 5.69 Å². The zero-order valence-electron chi connectivity index (χ0n) is 10.8. The fraction of sp³-hybridized carbons (Fsp3) is 0.500. The number of aliphatic imine (C=N–C) groups is 1. The van der Waals surface area contributed by atoms with Crippen molar-refractivity contribution in [1.29, 1.82) is 0 Å². The maximum absolute atomic E-state index is 10.2. The zero-order chi connectivity index (χ0) is 12.3. The molecule has 0 aliphatic carbocycles. The number of benzene rings is 1. The Kier molecular flexibility index (Phi) is 3.74. The largest absolute Gasteiger partial charge is 0.505 e. The van der Waals surface area contributed by atoms with E-state index in [0.29, 0.717) is 11.4 Å². The van der Waals surface area contributed by atoms with E-state index in [4.69, 9.17) is 0 Å². The van der Waals surface area contributed by atoms with Crippen LogP contribution in [0.25, 0.3) is 0 Å². The minimum atomic E-state index is -0.0629. The van der Waals surface area contributed by atoms with Crippen LogP contribution in [0.2, 0.25) is 0 Å². The van der Waals surface area contributed by atoms with Crippen molar-refractivity contribution in [2.24, 2.45) is 4.99 Å². The molecule has 0 radical (unpaired) electrons. The third kappa shape index (κ3) is 2.84. The van der Waals surface area contributed by atoms with Crippen LogP contribution in [0.15, 0.2) is 17.1 Å². The van der Waals surface area contributed by atoms with Gasteiger partial charge >= 0.3 is 0 Å². The van der Waals surface area contributed by atoms with Gasteiger partial charge in [-0.2, -0.15) is 0 Å². The van der Waals surface area contributed by atoms with Gasteiger partial charge in [0.1, 0.15) is 11.4 Å². The van der Waals surface area contributed by atoms with E-state index in [-0.39, 0.29) is 5.41 Å². The molecule has 88 valence electrons. The summed E-state index contributed by atoms with van der Waals surface area (Å²) in [4.78, 5) is 4.28. The lowest BCUT2D eigenvalue weighted by molar-refractivity contribution is 0.448. The van der Waals surface area contributed by atoms with E-state index in [1.54, 1.807) is 0 Å². The lowest BCUT2D eigenvalue weighted by Crippen LogP contribution is -2.11. The van der Waals surface area contributed by atoms with Gasteiger partial charge in [-0.1, -0.05) is 33.8 Å². The molecule has 0 aliphatic rings. The van der Waals surface area contributed by atoms with Crippen LogP contribution in [0.1, 0.15) is 45.2 Å². The predicted octanol–water partition coefficient (Wildman–Crippen LogP) is 4.11. The van der Waals surface area contributed by atoms with E-state index < -0.39 is 0 Å². The van der Waals surface area contributed by atoms with Crippen molar-refractivity contribution < 1.29 is 5.11 Å². The van der Waals surface area contributed by atoms with Crippen LogP contribution >= 0.6 is 0 Å². The van der Waals surface area contributed by atoms with E-state index in [0.717, 1.165) is 17.5 Å². The Labute approximate surface area is 98.0 Å². The van der Waals surface area contributed by atoms with Gasteiger partial charge < -0.3 is 5.11 Å². The molecule has 2 nitrogen and oxygen atoms in total. The van der Waals surface area contributed by atoms with Gasteiger partial charge in [-0.3, -0.25) is 4.99 Å². The summed E-state index contributed by atoms with van der Waals surface area (Å²) in [6.45, 7) is 10.3. The van der Waals surface area contributed by atoms with Gasteiger partial charge in [-0.25, -0.2) is 0 Å². The first-order chi connectivity index (χ1) is 7.36. The van der Waals surface area contributed by atoms with E-state index in [1.807, 2.05) is 32.2 Å². The molecule has 0 spiro atoms. The summed E-state index contributed by atoms with van der Waals surface area (Å²) < 4.78 is 0. The second-order valence-electron chi connectivity index (χ2n) is 5.15. The molecule has 0 aliphatic heterocycles. The molecule has 0 saturated carbocycles. The number of phenolic OH excluding ortho intramolecular Hbond substituents is 1. The normalized spacial score (nSPS) is 12.3. The molecule has 0 bridgehead atoms. The number of rotatable bonds is 2. The first kappa shape index (κ1) is 12.8. The highest BCUT2D eigenvalue weighted by Crippen LogP contribution is 2.38. The SMILES string of the molecule is CCC=Nc1cc(C)cc(C(C)(C)C)c1O. The number of nitrogens with zero attached hydrogens (tertiary/aromatic N) is 1. The molecule has 0 aromatic heterocycles. The Bertz CT molecular complexity index is 400. The van der Waals surface area contributed by atoms with Gasteiger partial charge in [-0.05, 0) is 30.4 Å². The first-order valence-electron chi connectivity index (χ1n) is 5.73. The van der Waals surface area contributed by atoms with Crippen molar-refractivity contribution in [3.05, 3.63) is 23.3 Å². The van der Waals surface area contributed by atoms with Crippen molar-refractivity contribution in [2.45, 2.75) is 46.5 Å². The molecule has 1 aromatic carbocycles. The minimum absolute atomic E-state index is 0.0629. The van der Waals surface area contributed by atoms with E-state index in [2.05, 4.69) is 25.8 Å². The van der Waals surface area contributed by atoms with Gasteiger partial charge in [0.2, 0.25) is 0 Å². The van der Waals surface area contributed by atoms with E-state index in [9.17, 15) is 5.11 Å². The van der Waals surface area contributed by atoms with Crippen molar-refractivity contribution in [3.8, 4) is 5.75 Å². The summed E-state index contributed by atoms with van der Waals surface area (Å²) in [7, 11) is 0. The quantitative estimate of drug-likeness (QED) is 0.746. The van der Waals surface area contributed by atoms with Gasteiger partial charge in [0, 0.05) is 11.8 Å². The Balaban J connectivity index is 3.32. The lowest BCUT2D eigenvalue weighted by Gasteiger charge is -2.21. The molecular formula is C14H21NO. The summed E-state index contributed by atoms with van der Waals surface area (Å²) in [5.41, 5.74) is 2.69. The standard InChI is InChI=1S/C14H21NO/c1-6-7-15-12-9-10(2)8-11(13(12)16)14(3,4)5/h7-9,16H,6H2,1-5H3. The molecule has 1 aromatic rings. The highest BCUT2D eigenvalue weighted by atomic mass is 16.3. The molecule has 1 N–H and O–H groups in total. The second-order valence-corrected chi connectivity index (χ2v) is 5.15. The number of phenols is 1. The molecule has 2 heteroatoms. The molecule has 1 rings (SSSR count). The Morgan fingerprint density at radius 1 is 1.31 bits per heavy atom. The summed E-state index contributed by atoms with van der Waals surface area (Å²) in [5, 5.41) is 10.2. The summed E-state index contributed by atoms with van der Waals surface area (Å²) in [6.07, 6.45) is 2.69. The summed E-state index contributed by atoms with van der Waals surface area (Å²) in [5.74, 6) is 0.308. The first-order valence-corrected chi connectivity index (χ1v) is 5.73. The van der Waals surface area contributed by atoms with Gasteiger partial charge in [0.05, 0.1) is 0 Å². The topological polar surface area (TPSA) is 32.6 Å². The number of hydrogen-bond acceptors (Lipinski definition) is 2. The van der Waals surface area contributed by atoms with Crippen LogP contribution in [-0.2, 0) is 5.41 Å². The average molecular weight is 219 g/mol. The molecule has 0 fully saturated rings. The highest BCUT2D eigenvalue weighted by molar-refractivity contribution is 5.68. The molecule has 0 saturated heterocycles. The zero-order valence-corrected chi connectivity index (χ0v) is 10.8. The van der Waals surface area contributed by atoms with Crippen LogP contribution in [0.3, 0.4) is 0 Å². The van der Waals surface area contributed by atoms with Crippen molar-refractivity contribution in [2.75, 3.05) is 0 Å². The minimum Gasteiger partial charge on any atom is -0.505 e. The van der Waals surface area contributed by atoms with Crippen LogP contribution in [-0.4, -0.2) is 11.3 Å². The molecule has 0 heterocycles. The summed E-state index contributed by atoms with van der Waals surface area (Å²) in [6, 6.07) is 3.94. The fourth-order valence-corrected chi connectivity index (χ4v) is 1.62. The molecule has 0 atom stereocenters. The Morgan fingerprint density at radius 3 is 2.44 bits per heavy atom. The smallest absolute Gasteiger partial charge is 0.144 e. The monoisotopic (exact) mass is 219 g/mol. The van der Waals surface area contributed by atoms with Gasteiger partial charge in [0.15, 0.2) is 0 Å². The predicted molar refractivity (Wildman–Crippen MR) is 70.0 cm³/mol. The van der Waals surface area contributed by atoms with Crippen LogP contribution < -0.4 is 0 Å². The van der Waals surface area contributed by atoms with Crippen molar-refractivity contribution in [3.63, 3.8) is 0 Å². The maximum Gasteiger partial charge on any atom is 0.144 e. The van der Waals surface area contributed by atoms with Gasteiger partial charge in [-0.15, -0.1) is 0 Å². The number of hydrogen-bond donors (Lipinski definition) is 1. The fourth-order valence-electron chi connectivity index (χ4n) is 1.62. The van der Waals surface area contributed by atoms with Crippen molar-refractivity contribution >= 4 is 11.9 Å². The molecular weight excluding hydrogens is 198 g/mol. The lowest BCUT2D eigenvalue weighted by atomic mass is 9.85. The Hall–Kier alpha value is -1.31. The summed E-state index contributed by atoms with van der Waals surface area (Å²) >= 11 is 0.